The van der Waals surface area contributed by atoms with Crippen LogP contribution in [0.3, 0.4) is 0 Å². The third-order valence-corrected chi connectivity index (χ3v) is 7.55. The number of rotatable bonds is 8. The fraction of sp³-hybridized carbons (Fsp3) is 0.312. The van der Waals surface area contributed by atoms with Gasteiger partial charge in [0, 0.05) is 5.92 Å². The molecule has 5 atom stereocenters. The minimum absolute atomic E-state index is 0.00712. The molecule has 3 aromatic rings. The van der Waals surface area contributed by atoms with Gasteiger partial charge < -0.3 is 9.47 Å². The number of allylic oxidation sites excluding steroid dienone is 1. The molecule has 0 N–H and O–H groups in total. The Kier molecular flexibility index (Phi) is 7.81. The lowest BCUT2D eigenvalue weighted by Gasteiger charge is -2.34. The summed E-state index contributed by atoms with van der Waals surface area (Å²) in [6.07, 6.45) is 4.32. The van der Waals surface area contributed by atoms with Crippen LogP contribution in [-0.4, -0.2) is 29.5 Å². The van der Waals surface area contributed by atoms with Crippen LogP contribution in [0.15, 0.2) is 103 Å². The van der Waals surface area contributed by atoms with Gasteiger partial charge in [0.25, 0.3) is 0 Å². The van der Waals surface area contributed by atoms with Gasteiger partial charge in [-0.25, -0.2) is 9.69 Å². The maximum Gasteiger partial charge on any atom is 0.417 e. The van der Waals surface area contributed by atoms with Gasteiger partial charge in [0.05, 0.1) is 25.2 Å². The van der Waals surface area contributed by atoms with E-state index in [2.05, 4.69) is 31.2 Å². The second-order valence-electron chi connectivity index (χ2n) is 10.0. The number of ether oxygens (including phenoxy) is 2. The topological polar surface area (TPSA) is 55.8 Å². The molecule has 1 aliphatic carbocycles. The molecule has 5 heteroatoms. The van der Waals surface area contributed by atoms with E-state index in [0.29, 0.717) is 19.6 Å². The molecule has 0 saturated carbocycles. The summed E-state index contributed by atoms with van der Waals surface area (Å²) < 4.78 is 11.7. The third-order valence-electron chi connectivity index (χ3n) is 7.55. The Labute approximate surface area is 218 Å². The molecule has 1 aliphatic heterocycles. The highest BCUT2D eigenvalue weighted by Crippen LogP contribution is 2.46. The fourth-order valence-corrected chi connectivity index (χ4v) is 5.76. The lowest BCUT2D eigenvalue weighted by Crippen LogP contribution is -2.42. The van der Waals surface area contributed by atoms with Crippen LogP contribution in [0.25, 0.3) is 0 Å². The number of imide groups is 1. The molecule has 0 aromatic heterocycles. The van der Waals surface area contributed by atoms with Crippen molar-refractivity contribution in [2.24, 2.45) is 23.7 Å². The number of amides is 2. The minimum Gasteiger partial charge on any atom is -0.444 e. The maximum absolute atomic E-state index is 13.9. The second kappa shape index (κ2) is 11.6. The van der Waals surface area contributed by atoms with Crippen molar-refractivity contribution in [1.29, 1.82) is 0 Å². The first kappa shape index (κ1) is 25.0. The molecule has 190 valence electrons. The zero-order chi connectivity index (χ0) is 25.6. The van der Waals surface area contributed by atoms with Crippen LogP contribution in [0, 0.1) is 23.7 Å². The number of benzene rings is 3. The molecule has 0 unspecified atom stereocenters. The molecule has 1 heterocycles. The Balaban J connectivity index is 1.37. The van der Waals surface area contributed by atoms with Crippen molar-refractivity contribution in [3.8, 4) is 0 Å². The smallest absolute Gasteiger partial charge is 0.417 e. The zero-order valence-electron chi connectivity index (χ0n) is 21.1. The molecular formula is C32H33NO4. The summed E-state index contributed by atoms with van der Waals surface area (Å²) in [6, 6.07) is 29.4. The monoisotopic (exact) mass is 495 g/mol. The summed E-state index contributed by atoms with van der Waals surface area (Å²) in [5, 5.41) is 0. The van der Waals surface area contributed by atoms with Crippen LogP contribution >= 0.6 is 0 Å². The lowest BCUT2D eigenvalue weighted by atomic mass is 9.69. The lowest BCUT2D eigenvalue weighted by molar-refractivity contribution is -0.132. The molecule has 0 radical (unpaired) electrons. The van der Waals surface area contributed by atoms with E-state index in [1.807, 2.05) is 78.9 Å². The number of nitrogens with zero attached hydrogens (tertiary/aromatic N) is 1. The predicted molar refractivity (Wildman–Crippen MR) is 142 cm³/mol. The van der Waals surface area contributed by atoms with Crippen LogP contribution in [0.1, 0.15) is 23.6 Å². The highest BCUT2D eigenvalue weighted by atomic mass is 16.6. The zero-order valence-corrected chi connectivity index (χ0v) is 21.1. The van der Waals surface area contributed by atoms with E-state index < -0.39 is 6.09 Å². The standard InChI is InChI=1S/C32H33NO4/c1-23-17-18-27(22-36-20-25-13-7-3-8-14-25)30-29(23)28(19-24-11-5-2-6-12-24)33(31(30)34)32(35)37-21-26-15-9-4-10-16-26/h2-18,23,27-30H,19-22H2,1H3/t23-,27-,28+,29+,30+/m1/s1. The van der Waals surface area contributed by atoms with Gasteiger partial charge in [-0.1, -0.05) is 110 Å². The quantitative estimate of drug-likeness (QED) is 0.357. The Hall–Kier alpha value is -3.70. The summed E-state index contributed by atoms with van der Waals surface area (Å²) in [6.45, 7) is 3.19. The van der Waals surface area contributed by atoms with E-state index in [9.17, 15) is 9.59 Å². The summed E-state index contributed by atoms with van der Waals surface area (Å²) in [5.74, 6) is -0.433. The van der Waals surface area contributed by atoms with E-state index in [0.717, 1.165) is 16.7 Å². The van der Waals surface area contributed by atoms with Gasteiger partial charge in [0.1, 0.15) is 6.61 Å². The first-order chi connectivity index (χ1) is 18.1. The van der Waals surface area contributed by atoms with Crippen molar-refractivity contribution < 1.29 is 19.1 Å². The Morgan fingerprint density at radius 3 is 1.97 bits per heavy atom. The molecule has 5 rings (SSSR count). The Bertz CT molecular complexity index is 1210. The molecule has 3 aromatic carbocycles. The van der Waals surface area contributed by atoms with Crippen molar-refractivity contribution in [2.45, 2.75) is 32.6 Å². The van der Waals surface area contributed by atoms with Crippen LogP contribution in [0.5, 0.6) is 0 Å². The SMILES string of the molecule is C[C@@H]1C=C[C@H](COCc2ccccc2)[C@@H]2C(=O)N(C(=O)OCc3ccccc3)[C@@H](Cc3ccccc3)[C@@H]21. The van der Waals surface area contributed by atoms with E-state index in [-0.39, 0.29) is 42.2 Å². The molecule has 0 bridgehead atoms. The molecule has 2 amide bonds. The van der Waals surface area contributed by atoms with Gasteiger partial charge in [0.15, 0.2) is 0 Å². The fourth-order valence-electron chi connectivity index (χ4n) is 5.76. The number of carbonyl (C=O) groups excluding carboxylic acids is 2. The normalized spacial score (nSPS) is 24.6. The summed E-state index contributed by atoms with van der Waals surface area (Å²) >= 11 is 0. The highest BCUT2D eigenvalue weighted by molar-refractivity contribution is 5.96. The summed E-state index contributed by atoms with van der Waals surface area (Å²) in [4.78, 5) is 28.7. The molecule has 1 saturated heterocycles. The molecule has 5 nitrogen and oxygen atoms in total. The predicted octanol–water partition coefficient (Wildman–Crippen LogP) is 6.05. The first-order valence-corrected chi connectivity index (χ1v) is 13.0. The summed E-state index contributed by atoms with van der Waals surface area (Å²) in [5.41, 5.74) is 3.08. The largest absolute Gasteiger partial charge is 0.444 e. The highest BCUT2D eigenvalue weighted by Gasteiger charge is 2.55. The van der Waals surface area contributed by atoms with Crippen molar-refractivity contribution in [1.82, 2.24) is 4.90 Å². The van der Waals surface area contributed by atoms with Gasteiger partial charge >= 0.3 is 6.09 Å². The number of hydrogen-bond acceptors (Lipinski definition) is 4. The summed E-state index contributed by atoms with van der Waals surface area (Å²) in [7, 11) is 0. The Morgan fingerprint density at radius 2 is 1.35 bits per heavy atom. The van der Waals surface area contributed by atoms with Crippen molar-refractivity contribution in [3.05, 3.63) is 120 Å². The van der Waals surface area contributed by atoms with Crippen LogP contribution in [0.2, 0.25) is 0 Å². The van der Waals surface area contributed by atoms with Gasteiger partial charge in [-0.3, -0.25) is 4.79 Å². The van der Waals surface area contributed by atoms with E-state index in [1.54, 1.807) is 0 Å². The van der Waals surface area contributed by atoms with E-state index >= 15 is 0 Å². The van der Waals surface area contributed by atoms with E-state index in [1.165, 1.54) is 4.90 Å². The molecular weight excluding hydrogens is 462 g/mol. The van der Waals surface area contributed by atoms with Gasteiger partial charge in [-0.05, 0) is 34.9 Å². The maximum atomic E-state index is 13.9. The molecule has 2 aliphatic rings. The molecule has 1 fully saturated rings. The third kappa shape index (κ3) is 5.67. The van der Waals surface area contributed by atoms with Crippen molar-refractivity contribution in [2.75, 3.05) is 6.61 Å². The second-order valence-corrected chi connectivity index (χ2v) is 10.0. The van der Waals surface area contributed by atoms with Crippen molar-refractivity contribution in [3.63, 3.8) is 0 Å². The van der Waals surface area contributed by atoms with Gasteiger partial charge in [-0.2, -0.15) is 0 Å². The molecule has 37 heavy (non-hydrogen) atoms. The number of fused-ring (bicyclic) bond motifs is 1. The van der Waals surface area contributed by atoms with Crippen molar-refractivity contribution >= 4 is 12.0 Å². The van der Waals surface area contributed by atoms with E-state index in [4.69, 9.17) is 9.47 Å². The van der Waals surface area contributed by atoms with Gasteiger partial charge in [0.2, 0.25) is 5.91 Å². The number of hydrogen-bond donors (Lipinski definition) is 0. The number of likely N-dealkylation sites (tertiary alicyclic amines) is 1. The van der Waals surface area contributed by atoms with Crippen LogP contribution in [0.4, 0.5) is 4.79 Å². The Morgan fingerprint density at radius 1 is 0.784 bits per heavy atom. The van der Waals surface area contributed by atoms with Gasteiger partial charge in [-0.15, -0.1) is 0 Å². The average Bonchev–Trinajstić information content (AvgIpc) is 3.23. The van der Waals surface area contributed by atoms with Crippen LogP contribution < -0.4 is 0 Å². The minimum atomic E-state index is -0.569. The van der Waals surface area contributed by atoms with Crippen LogP contribution in [-0.2, 0) is 33.9 Å². The first-order valence-electron chi connectivity index (χ1n) is 13.0. The average molecular weight is 496 g/mol. The number of carbonyl (C=O) groups is 2. The molecule has 0 spiro atoms.